The van der Waals surface area contributed by atoms with Crippen LogP contribution in [0.15, 0.2) is 23.2 Å². The molecule has 0 aromatic heterocycles. The highest BCUT2D eigenvalue weighted by Gasteiger charge is 2.03. The third-order valence-corrected chi connectivity index (χ3v) is 2.34. The summed E-state index contributed by atoms with van der Waals surface area (Å²) < 4.78 is 18.3. The fourth-order valence-electron chi connectivity index (χ4n) is 1.35. The van der Waals surface area contributed by atoms with E-state index in [2.05, 4.69) is 24.2 Å². The van der Waals surface area contributed by atoms with Gasteiger partial charge in [-0.15, -0.1) is 24.0 Å². The molecule has 108 valence electrons. The lowest BCUT2D eigenvalue weighted by atomic mass is 10.2. The van der Waals surface area contributed by atoms with Gasteiger partial charge in [-0.25, -0.2) is 9.38 Å². The average Bonchev–Trinajstić information content (AvgIpc) is 2.34. The van der Waals surface area contributed by atoms with E-state index in [1.807, 2.05) is 0 Å². The molecule has 0 amide bonds. The summed E-state index contributed by atoms with van der Waals surface area (Å²) in [4.78, 5) is 4.14. The van der Waals surface area contributed by atoms with Crippen LogP contribution in [0.3, 0.4) is 0 Å². The quantitative estimate of drug-likeness (QED) is 0.468. The van der Waals surface area contributed by atoms with E-state index < -0.39 is 0 Å². The van der Waals surface area contributed by atoms with E-state index in [1.54, 1.807) is 12.1 Å². The van der Waals surface area contributed by atoms with Crippen molar-refractivity contribution in [2.75, 3.05) is 13.7 Å². The van der Waals surface area contributed by atoms with Crippen molar-refractivity contribution in [1.82, 2.24) is 5.32 Å². The number of hydrogen-bond donors (Lipinski definition) is 2. The molecule has 0 atom stereocenters. The molecule has 0 aliphatic heterocycles. The second-order valence-electron chi connectivity index (χ2n) is 4.45. The molecular formula is C13H21FIN3O. The molecule has 0 spiro atoms. The van der Waals surface area contributed by atoms with Crippen LogP contribution < -0.4 is 15.8 Å². The molecule has 0 bridgehead atoms. The topological polar surface area (TPSA) is 59.6 Å². The number of halogens is 2. The Morgan fingerprint density at radius 3 is 2.68 bits per heavy atom. The molecule has 0 heterocycles. The van der Waals surface area contributed by atoms with E-state index in [-0.39, 0.29) is 35.5 Å². The number of nitrogens with two attached hydrogens (primary N) is 1. The van der Waals surface area contributed by atoms with Crippen LogP contribution in [-0.2, 0) is 6.54 Å². The third-order valence-electron chi connectivity index (χ3n) is 2.34. The summed E-state index contributed by atoms with van der Waals surface area (Å²) in [6.45, 7) is 5.28. The zero-order valence-corrected chi connectivity index (χ0v) is 13.8. The van der Waals surface area contributed by atoms with E-state index in [4.69, 9.17) is 10.5 Å². The van der Waals surface area contributed by atoms with Gasteiger partial charge in [-0.3, -0.25) is 0 Å². The van der Waals surface area contributed by atoms with Gasteiger partial charge in [0.25, 0.3) is 0 Å². The van der Waals surface area contributed by atoms with Crippen LogP contribution in [0, 0.1) is 11.7 Å². The summed E-state index contributed by atoms with van der Waals surface area (Å²) in [5.41, 5.74) is 6.44. The summed E-state index contributed by atoms with van der Waals surface area (Å²) in [5.74, 6) is 0.713. The van der Waals surface area contributed by atoms with Gasteiger partial charge in [0, 0.05) is 6.54 Å². The number of guanidine groups is 1. The number of ether oxygens (including phenoxy) is 1. The molecule has 1 rings (SSSR count). The first-order chi connectivity index (χ1) is 8.52. The molecule has 0 aliphatic rings. The normalized spacial score (nSPS) is 11.1. The van der Waals surface area contributed by atoms with Gasteiger partial charge in [0.15, 0.2) is 17.5 Å². The number of aliphatic imine (C=N–C) groups is 1. The molecule has 0 saturated carbocycles. The summed E-state index contributed by atoms with van der Waals surface area (Å²) in [7, 11) is 1.43. The van der Waals surface area contributed by atoms with Crippen molar-refractivity contribution < 1.29 is 9.13 Å². The van der Waals surface area contributed by atoms with Crippen LogP contribution in [0.1, 0.15) is 19.4 Å². The number of benzene rings is 1. The lowest BCUT2D eigenvalue weighted by Gasteiger charge is -2.08. The molecule has 0 saturated heterocycles. The van der Waals surface area contributed by atoms with Crippen LogP contribution in [0.5, 0.6) is 5.75 Å². The molecule has 3 N–H and O–H groups in total. The number of hydrogen-bond acceptors (Lipinski definition) is 2. The van der Waals surface area contributed by atoms with Crippen molar-refractivity contribution in [2.24, 2.45) is 16.6 Å². The molecule has 19 heavy (non-hydrogen) atoms. The van der Waals surface area contributed by atoms with Gasteiger partial charge in [-0.2, -0.15) is 0 Å². The highest BCUT2D eigenvalue weighted by atomic mass is 127. The van der Waals surface area contributed by atoms with Gasteiger partial charge in [0.1, 0.15) is 0 Å². The zero-order chi connectivity index (χ0) is 13.5. The second-order valence-corrected chi connectivity index (χ2v) is 4.45. The van der Waals surface area contributed by atoms with Gasteiger partial charge < -0.3 is 15.8 Å². The van der Waals surface area contributed by atoms with Gasteiger partial charge in [0.2, 0.25) is 0 Å². The van der Waals surface area contributed by atoms with Crippen LogP contribution in [0.4, 0.5) is 4.39 Å². The lowest BCUT2D eigenvalue weighted by Crippen LogP contribution is -2.34. The molecule has 0 radical (unpaired) electrons. The molecule has 1 aromatic rings. The Bertz CT molecular complexity index is 424. The molecule has 1 aromatic carbocycles. The van der Waals surface area contributed by atoms with E-state index in [1.165, 1.54) is 13.2 Å². The third kappa shape index (κ3) is 6.60. The van der Waals surface area contributed by atoms with E-state index in [0.29, 0.717) is 18.4 Å². The van der Waals surface area contributed by atoms with Gasteiger partial charge in [0.05, 0.1) is 13.7 Å². The SMILES string of the molecule is COc1ccc(CN=C(N)NCC(C)C)cc1F.I. The van der Waals surface area contributed by atoms with E-state index in [9.17, 15) is 4.39 Å². The Morgan fingerprint density at radius 2 is 2.16 bits per heavy atom. The highest BCUT2D eigenvalue weighted by Crippen LogP contribution is 2.17. The minimum absolute atomic E-state index is 0. The van der Waals surface area contributed by atoms with Crippen LogP contribution in [0.2, 0.25) is 0 Å². The summed E-state index contributed by atoms with van der Waals surface area (Å²) >= 11 is 0. The first kappa shape index (κ1) is 17.9. The highest BCUT2D eigenvalue weighted by molar-refractivity contribution is 14.0. The molecule has 0 unspecified atom stereocenters. The maximum absolute atomic E-state index is 13.4. The lowest BCUT2D eigenvalue weighted by molar-refractivity contribution is 0.386. The predicted octanol–water partition coefficient (Wildman–Crippen LogP) is 2.51. The molecule has 4 nitrogen and oxygen atoms in total. The predicted molar refractivity (Wildman–Crippen MR) is 86.5 cm³/mol. The standard InChI is InChI=1S/C13H20FN3O.HI/c1-9(2)7-16-13(15)17-8-10-4-5-12(18-3)11(14)6-10;/h4-6,9H,7-8H2,1-3H3,(H3,15,16,17);1H. The molecule has 0 fully saturated rings. The Hall–Kier alpha value is -1.05. The number of rotatable bonds is 5. The van der Waals surface area contributed by atoms with E-state index in [0.717, 1.165) is 12.1 Å². The fourth-order valence-corrected chi connectivity index (χ4v) is 1.35. The van der Waals surface area contributed by atoms with Gasteiger partial charge in [-0.1, -0.05) is 19.9 Å². The van der Waals surface area contributed by atoms with Crippen molar-refractivity contribution in [3.8, 4) is 5.75 Å². The minimum atomic E-state index is -0.390. The number of methoxy groups -OCH3 is 1. The van der Waals surface area contributed by atoms with Crippen LogP contribution in [0.25, 0.3) is 0 Å². The van der Waals surface area contributed by atoms with Crippen molar-refractivity contribution >= 4 is 29.9 Å². The smallest absolute Gasteiger partial charge is 0.188 e. The summed E-state index contributed by atoms with van der Waals surface area (Å²) in [6.07, 6.45) is 0. The maximum atomic E-state index is 13.4. The Balaban J connectivity index is 0.00000324. The zero-order valence-electron chi connectivity index (χ0n) is 11.4. The first-order valence-electron chi connectivity index (χ1n) is 5.89. The van der Waals surface area contributed by atoms with Crippen molar-refractivity contribution in [1.29, 1.82) is 0 Å². The average molecular weight is 381 g/mol. The Kier molecular flexibility index (Phi) is 8.46. The molecule has 0 aliphatic carbocycles. The monoisotopic (exact) mass is 381 g/mol. The first-order valence-corrected chi connectivity index (χ1v) is 5.89. The van der Waals surface area contributed by atoms with Crippen molar-refractivity contribution in [3.63, 3.8) is 0 Å². The fraction of sp³-hybridized carbons (Fsp3) is 0.462. The largest absolute Gasteiger partial charge is 0.494 e. The van der Waals surface area contributed by atoms with Crippen molar-refractivity contribution in [3.05, 3.63) is 29.6 Å². The Labute approximate surface area is 130 Å². The van der Waals surface area contributed by atoms with Gasteiger partial charge in [-0.05, 0) is 23.6 Å². The number of nitrogens with zero attached hydrogens (tertiary/aromatic N) is 1. The Morgan fingerprint density at radius 1 is 1.47 bits per heavy atom. The van der Waals surface area contributed by atoms with E-state index >= 15 is 0 Å². The second kappa shape index (κ2) is 8.95. The van der Waals surface area contributed by atoms with Crippen LogP contribution in [-0.4, -0.2) is 19.6 Å². The van der Waals surface area contributed by atoms with Gasteiger partial charge >= 0.3 is 0 Å². The number of nitrogens with one attached hydrogen (secondary N) is 1. The van der Waals surface area contributed by atoms with Crippen molar-refractivity contribution in [2.45, 2.75) is 20.4 Å². The summed E-state index contributed by atoms with van der Waals surface area (Å²) in [6, 6.07) is 4.75. The maximum Gasteiger partial charge on any atom is 0.188 e. The summed E-state index contributed by atoms with van der Waals surface area (Å²) in [5, 5.41) is 3.00. The molecular weight excluding hydrogens is 360 g/mol. The minimum Gasteiger partial charge on any atom is -0.494 e. The molecule has 6 heteroatoms. The van der Waals surface area contributed by atoms with Crippen LogP contribution >= 0.6 is 24.0 Å².